The molecule has 3 aromatic carbocycles. The minimum absolute atomic E-state index is 0.0127. The predicted molar refractivity (Wildman–Crippen MR) is 119 cm³/mol. The lowest BCUT2D eigenvalue weighted by molar-refractivity contribution is -0.385. The highest BCUT2D eigenvalue weighted by molar-refractivity contribution is 6.30. The van der Waals surface area contributed by atoms with E-state index >= 15 is 0 Å². The zero-order valence-corrected chi connectivity index (χ0v) is 17.8. The van der Waals surface area contributed by atoms with Crippen molar-refractivity contribution in [2.75, 3.05) is 12.4 Å². The molecule has 1 aromatic heterocycles. The standard InChI is InChI=1S/C22H15ClN4O6/c1-31-20-10-14(4-8-19(20)33-18-9-5-15(23)11-17(18)27(29)30)21(28)25-16-6-2-13(3-7-16)22-26-24-12-32-22/h2-12H,1H3,(H,25,28). The monoisotopic (exact) mass is 466 g/mol. The van der Waals surface area contributed by atoms with E-state index in [1.165, 1.54) is 49.9 Å². The average molecular weight is 467 g/mol. The molecular formula is C22H15ClN4O6. The number of nitrogens with one attached hydrogen (secondary N) is 1. The van der Waals surface area contributed by atoms with Gasteiger partial charge in [0.25, 0.3) is 5.91 Å². The number of hydrogen-bond donors (Lipinski definition) is 1. The van der Waals surface area contributed by atoms with Crippen molar-refractivity contribution < 1.29 is 23.6 Å². The molecule has 0 aliphatic carbocycles. The van der Waals surface area contributed by atoms with E-state index in [0.29, 0.717) is 22.7 Å². The summed E-state index contributed by atoms with van der Waals surface area (Å²) >= 11 is 5.84. The van der Waals surface area contributed by atoms with Crippen LogP contribution in [0.2, 0.25) is 5.02 Å². The number of methoxy groups -OCH3 is 1. The number of carbonyl (C=O) groups is 1. The molecule has 0 bridgehead atoms. The lowest BCUT2D eigenvalue weighted by Crippen LogP contribution is -2.12. The molecule has 1 amide bonds. The Morgan fingerprint density at radius 1 is 1.06 bits per heavy atom. The summed E-state index contributed by atoms with van der Waals surface area (Å²) in [4.78, 5) is 23.4. The third-order valence-electron chi connectivity index (χ3n) is 4.51. The topological polar surface area (TPSA) is 130 Å². The number of ether oxygens (including phenoxy) is 2. The number of anilines is 1. The smallest absolute Gasteiger partial charge is 0.313 e. The molecule has 1 heterocycles. The van der Waals surface area contributed by atoms with Gasteiger partial charge >= 0.3 is 5.69 Å². The summed E-state index contributed by atoms with van der Waals surface area (Å²) < 4.78 is 16.1. The molecule has 33 heavy (non-hydrogen) atoms. The maximum atomic E-state index is 12.7. The molecular weight excluding hydrogens is 452 g/mol. The van der Waals surface area contributed by atoms with Gasteiger partial charge in [0.2, 0.25) is 18.0 Å². The van der Waals surface area contributed by atoms with Crippen LogP contribution in [0.25, 0.3) is 11.5 Å². The molecule has 4 rings (SSSR count). The van der Waals surface area contributed by atoms with Gasteiger partial charge in [-0.2, -0.15) is 0 Å². The Morgan fingerprint density at radius 3 is 2.48 bits per heavy atom. The number of hydrogen-bond acceptors (Lipinski definition) is 8. The number of nitrogens with zero attached hydrogens (tertiary/aromatic N) is 3. The van der Waals surface area contributed by atoms with E-state index in [0.717, 1.165) is 0 Å². The van der Waals surface area contributed by atoms with E-state index in [1.807, 2.05) is 0 Å². The van der Waals surface area contributed by atoms with Crippen molar-refractivity contribution in [2.45, 2.75) is 0 Å². The van der Waals surface area contributed by atoms with Crippen LogP contribution in [0.1, 0.15) is 10.4 Å². The second-order valence-corrected chi connectivity index (χ2v) is 7.05. The Hall–Kier alpha value is -4.44. The van der Waals surface area contributed by atoms with Gasteiger partial charge in [-0.15, -0.1) is 10.2 Å². The highest BCUT2D eigenvalue weighted by atomic mass is 35.5. The van der Waals surface area contributed by atoms with Crippen molar-refractivity contribution in [3.05, 3.63) is 87.8 Å². The van der Waals surface area contributed by atoms with Crippen LogP contribution in [0.15, 0.2) is 71.5 Å². The first kappa shape index (κ1) is 21.8. The van der Waals surface area contributed by atoms with E-state index in [4.69, 9.17) is 25.5 Å². The van der Waals surface area contributed by atoms with Gasteiger partial charge in [-0.05, 0) is 54.6 Å². The molecule has 0 unspecified atom stereocenters. The Kier molecular flexibility index (Phi) is 6.18. The SMILES string of the molecule is COc1cc(C(=O)Nc2ccc(-c3nnco3)cc2)ccc1Oc1ccc(Cl)cc1[N+](=O)[O-]. The number of amides is 1. The predicted octanol–water partition coefficient (Wildman–Crippen LogP) is 5.35. The summed E-state index contributed by atoms with van der Waals surface area (Å²) in [6.07, 6.45) is 1.23. The van der Waals surface area contributed by atoms with E-state index in [9.17, 15) is 14.9 Å². The maximum Gasteiger partial charge on any atom is 0.313 e. The van der Waals surface area contributed by atoms with Crippen LogP contribution in [0.3, 0.4) is 0 Å². The van der Waals surface area contributed by atoms with Gasteiger partial charge in [0.1, 0.15) is 0 Å². The summed E-state index contributed by atoms with van der Waals surface area (Å²) in [5.41, 5.74) is 1.27. The Labute approximate surface area is 191 Å². The first-order chi connectivity index (χ1) is 15.9. The van der Waals surface area contributed by atoms with Crippen LogP contribution in [0.5, 0.6) is 17.2 Å². The maximum absolute atomic E-state index is 12.7. The zero-order chi connectivity index (χ0) is 23.4. The number of aromatic nitrogens is 2. The molecule has 10 nitrogen and oxygen atoms in total. The van der Waals surface area contributed by atoms with Gasteiger partial charge in [0.15, 0.2) is 11.5 Å². The molecule has 1 N–H and O–H groups in total. The quantitative estimate of drug-likeness (QED) is 0.285. The molecule has 166 valence electrons. The van der Waals surface area contributed by atoms with Gasteiger partial charge in [0.05, 0.1) is 12.0 Å². The first-order valence-electron chi connectivity index (χ1n) is 9.42. The molecule has 0 spiro atoms. The lowest BCUT2D eigenvalue weighted by Gasteiger charge is -2.12. The molecule has 0 aliphatic heterocycles. The van der Waals surface area contributed by atoms with Crippen LogP contribution >= 0.6 is 11.6 Å². The highest BCUT2D eigenvalue weighted by Crippen LogP contribution is 2.38. The molecule has 0 aliphatic rings. The molecule has 0 fully saturated rings. The van der Waals surface area contributed by atoms with E-state index in [2.05, 4.69) is 15.5 Å². The van der Waals surface area contributed by atoms with Gasteiger partial charge in [0, 0.05) is 27.9 Å². The third-order valence-corrected chi connectivity index (χ3v) is 4.75. The fourth-order valence-corrected chi connectivity index (χ4v) is 3.10. The third kappa shape index (κ3) is 4.91. The molecule has 0 atom stereocenters. The van der Waals surface area contributed by atoms with E-state index in [1.54, 1.807) is 24.3 Å². The minimum atomic E-state index is -0.598. The van der Waals surface area contributed by atoms with Crippen molar-refractivity contribution >= 4 is 28.9 Å². The summed E-state index contributed by atoms with van der Waals surface area (Å²) in [5, 5.41) is 21.7. The van der Waals surface area contributed by atoms with Crippen molar-refractivity contribution in [3.8, 4) is 28.7 Å². The molecule has 4 aromatic rings. The second kappa shape index (κ2) is 9.37. The van der Waals surface area contributed by atoms with E-state index in [-0.39, 0.29) is 33.9 Å². The number of rotatable bonds is 7. The summed E-state index contributed by atoms with van der Waals surface area (Å²) in [5.74, 6) is 0.389. The molecule has 0 saturated heterocycles. The molecule has 11 heteroatoms. The number of nitro benzene ring substituents is 1. The fourth-order valence-electron chi connectivity index (χ4n) is 2.93. The number of benzene rings is 3. The Bertz CT molecular complexity index is 1310. The average Bonchev–Trinajstić information content (AvgIpc) is 3.35. The number of halogens is 1. The molecule has 0 saturated carbocycles. The number of carbonyl (C=O) groups excluding carboxylic acids is 1. The van der Waals surface area contributed by atoms with E-state index < -0.39 is 4.92 Å². The second-order valence-electron chi connectivity index (χ2n) is 6.61. The Balaban J connectivity index is 1.52. The normalized spacial score (nSPS) is 10.5. The van der Waals surface area contributed by atoms with Gasteiger partial charge in [-0.1, -0.05) is 11.6 Å². The van der Waals surface area contributed by atoms with Crippen molar-refractivity contribution in [1.29, 1.82) is 0 Å². The van der Waals surface area contributed by atoms with Gasteiger partial charge in [-0.25, -0.2) is 0 Å². The highest BCUT2D eigenvalue weighted by Gasteiger charge is 2.19. The summed E-state index contributed by atoms with van der Waals surface area (Å²) in [6.45, 7) is 0. The fraction of sp³-hybridized carbons (Fsp3) is 0.0455. The first-order valence-corrected chi connectivity index (χ1v) is 9.80. The van der Waals surface area contributed by atoms with Gasteiger partial charge in [-0.3, -0.25) is 14.9 Å². The van der Waals surface area contributed by atoms with Gasteiger partial charge < -0.3 is 19.2 Å². The Morgan fingerprint density at radius 2 is 1.82 bits per heavy atom. The van der Waals surface area contributed by atoms with Crippen molar-refractivity contribution in [2.24, 2.45) is 0 Å². The van der Waals surface area contributed by atoms with Crippen molar-refractivity contribution in [1.82, 2.24) is 10.2 Å². The number of nitro groups is 1. The summed E-state index contributed by atoms with van der Waals surface area (Å²) in [6, 6.07) is 15.4. The van der Waals surface area contributed by atoms with Crippen LogP contribution in [0, 0.1) is 10.1 Å². The lowest BCUT2D eigenvalue weighted by atomic mass is 10.1. The van der Waals surface area contributed by atoms with Crippen LogP contribution in [-0.4, -0.2) is 28.1 Å². The van der Waals surface area contributed by atoms with Crippen LogP contribution in [0.4, 0.5) is 11.4 Å². The largest absolute Gasteiger partial charge is 0.493 e. The van der Waals surface area contributed by atoms with Crippen molar-refractivity contribution in [3.63, 3.8) is 0 Å². The van der Waals surface area contributed by atoms with Crippen LogP contribution < -0.4 is 14.8 Å². The van der Waals surface area contributed by atoms with Crippen LogP contribution in [-0.2, 0) is 0 Å². The zero-order valence-electron chi connectivity index (χ0n) is 17.0. The minimum Gasteiger partial charge on any atom is -0.493 e. The summed E-state index contributed by atoms with van der Waals surface area (Å²) in [7, 11) is 1.40. The molecule has 0 radical (unpaired) electrons.